The monoisotopic (exact) mass is 391 g/mol. The molecule has 23 heavy (non-hydrogen) atoms. The predicted molar refractivity (Wildman–Crippen MR) is 93.1 cm³/mol. The Labute approximate surface area is 148 Å². The molecule has 0 spiro atoms. The third-order valence-corrected chi connectivity index (χ3v) is 5.35. The second kappa shape index (κ2) is 8.17. The Bertz CT molecular complexity index is 395. The molecule has 134 valence electrons. The van der Waals surface area contributed by atoms with Gasteiger partial charge in [0.2, 0.25) is 0 Å². The largest absolute Gasteiger partial charge is 0.444 e. The number of hydrogen-bond acceptors (Lipinski definition) is 4. The predicted octanol–water partition coefficient (Wildman–Crippen LogP) is 3.74. The molecule has 6 heteroatoms. The topological polar surface area (TPSA) is 48.0 Å². The average Bonchev–Trinajstić information content (AvgIpc) is 2.43. The van der Waals surface area contributed by atoms with Gasteiger partial charge in [-0.2, -0.15) is 0 Å². The van der Waals surface area contributed by atoms with E-state index in [2.05, 4.69) is 15.9 Å². The molecule has 1 amide bonds. The number of piperidine rings is 1. The zero-order valence-electron chi connectivity index (χ0n) is 14.6. The van der Waals surface area contributed by atoms with Crippen molar-refractivity contribution in [2.24, 2.45) is 0 Å². The number of likely N-dealkylation sites (tertiary alicyclic amines) is 1. The van der Waals surface area contributed by atoms with Crippen LogP contribution in [0.15, 0.2) is 0 Å². The summed E-state index contributed by atoms with van der Waals surface area (Å²) in [7, 11) is 0. The van der Waals surface area contributed by atoms with Crippen LogP contribution in [0.25, 0.3) is 0 Å². The quantitative estimate of drug-likeness (QED) is 0.511. The van der Waals surface area contributed by atoms with Gasteiger partial charge in [-0.1, -0.05) is 15.9 Å². The van der Waals surface area contributed by atoms with Crippen molar-refractivity contribution in [1.82, 2.24) is 4.90 Å². The molecular formula is C17H30BrNO4. The number of alkyl halides is 1. The summed E-state index contributed by atoms with van der Waals surface area (Å²) < 4.78 is 17.4. The molecule has 2 rings (SSSR count). The summed E-state index contributed by atoms with van der Waals surface area (Å²) >= 11 is 3.57. The molecule has 0 aromatic heterocycles. The van der Waals surface area contributed by atoms with Gasteiger partial charge in [0.15, 0.2) is 0 Å². The van der Waals surface area contributed by atoms with Gasteiger partial charge in [0.25, 0.3) is 0 Å². The fourth-order valence-electron chi connectivity index (χ4n) is 2.86. The van der Waals surface area contributed by atoms with Crippen molar-refractivity contribution in [3.8, 4) is 0 Å². The SMILES string of the molecule is CC(C)(C)OC(=O)N1CCCC(CBr)(OCCOC2CCC2)C1. The molecule has 0 radical (unpaired) electrons. The first-order valence-electron chi connectivity index (χ1n) is 8.63. The Balaban J connectivity index is 1.80. The Hall–Kier alpha value is -0.330. The second-order valence-corrected chi connectivity index (χ2v) is 8.15. The highest BCUT2D eigenvalue weighted by Gasteiger charge is 2.38. The fourth-order valence-corrected chi connectivity index (χ4v) is 3.48. The molecule has 0 aromatic rings. The van der Waals surface area contributed by atoms with E-state index < -0.39 is 5.60 Å². The van der Waals surface area contributed by atoms with E-state index >= 15 is 0 Å². The summed E-state index contributed by atoms with van der Waals surface area (Å²) in [6.07, 6.45) is 5.68. The molecule has 1 atom stereocenters. The molecule has 2 fully saturated rings. The van der Waals surface area contributed by atoms with Gasteiger partial charge in [0.1, 0.15) is 5.60 Å². The minimum atomic E-state index is -0.469. The normalized spacial score (nSPS) is 26.0. The molecule has 1 saturated heterocycles. The summed E-state index contributed by atoms with van der Waals surface area (Å²) in [5, 5.41) is 0.711. The first-order valence-corrected chi connectivity index (χ1v) is 9.75. The van der Waals surface area contributed by atoms with Crippen molar-refractivity contribution in [3.05, 3.63) is 0 Å². The first kappa shape index (κ1) is 19.0. The van der Waals surface area contributed by atoms with Crippen molar-refractivity contribution in [1.29, 1.82) is 0 Å². The third-order valence-electron chi connectivity index (χ3n) is 4.33. The van der Waals surface area contributed by atoms with Gasteiger partial charge in [-0.05, 0) is 52.9 Å². The van der Waals surface area contributed by atoms with Crippen LogP contribution < -0.4 is 0 Å². The van der Waals surface area contributed by atoms with Crippen LogP contribution in [0.2, 0.25) is 0 Å². The van der Waals surface area contributed by atoms with Crippen LogP contribution in [-0.4, -0.2) is 59.9 Å². The number of hydrogen-bond donors (Lipinski definition) is 0. The summed E-state index contributed by atoms with van der Waals surface area (Å²) in [5.74, 6) is 0. The van der Waals surface area contributed by atoms with Crippen LogP contribution in [0.4, 0.5) is 4.79 Å². The van der Waals surface area contributed by atoms with Gasteiger partial charge in [-0.25, -0.2) is 4.79 Å². The van der Waals surface area contributed by atoms with Crippen molar-refractivity contribution < 1.29 is 19.0 Å². The van der Waals surface area contributed by atoms with Crippen molar-refractivity contribution in [2.45, 2.75) is 70.2 Å². The summed E-state index contributed by atoms with van der Waals surface area (Å²) in [4.78, 5) is 14.1. The molecule has 0 aromatic carbocycles. The third kappa shape index (κ3) is 5.91. The fraction of sp³-hybridized carbons (Fsp3) is 0.941. The highest BCUT2D eigenvalue weighted by Crippen LogP contribution is 2.29. The van der Waals surface area contributed by atoms with Crippen molar-refractivity contribution >= 4 is 22.0 Å². The highest BCUT2D eigenvalue weighted by atomic mass is 79.9. The van der Waals surface area contributed by atoms with E-state index in [1.54, 1.807) is 4.90 Å². The lowest BCUT2D eigenvalue weighted by Gasteiger charge is -2.42. The Morgan fingerprint density at radius 2 is 2.00 bits per heavy atom. The zero-order valence-corrected chi connectivity index (χ0v) is 16.2. The maximum absolute atomic E-state index is 12.3. The Morgan fingerprint density at radius 3 is 2.57 bits per heavy atom. The molecule has 0 bridgehead atoms. The number of amides is 1. The lowest BCUT2D eigenvalue weighted by Crippen LogP contribution is -2.54. The second-order valence-electron chi connectivity index (χ2n) is 7.59. The maximum atomic E-state index is 12.3. The van der Waals surface area contributed by atoms with E-state index in [-0.39, 0.29) is 11.7 Å². The van der Waals surface area contributed by atoms with E-state index in [9.17, 15) is 4.79 Å². The van der Waals surface area contributed by atoms with Gasteiger partial charge in [-0.15, -0.1) is 0 Å². The van der Waals surface area contributed by atoms with E-state index in [4.69, 9.17) is 14.2 Å². The van der Waals surface area contributed by atoms with Crippen LogP contribution in [0.3, 0.4) is 0 Å². The molecule has 2 aliphatic rings. The van der Waals surface area contributed by atoms with E-state index in [0.29, 0.717) is 31.2 Å². The van der Waals surface area contributed by atoms with Gasteiger partial charge in [0, 0.05) is 11.9 Å². The summed E-state index contributed by atoms with van der Waals surface area (Å²) in [6.45, 7) is 8.17. The van der Waals surface area contributed by atoms with Gasteiger partial charge >= 0.3 is 6.09 Å². The number of carbonyl (C=O) groups excluding carboxylic acids is 1. The number of halogens is 1. The Kier molecular flexibility index (Phi) is 6.75. The number of carbonyl (C=O) groups is 1. The number of rotatable bonds is 6. The zero-order chi connectivity index (χ0) is 16.9. The molecule has 1 unspecified atom stereocenters. The molecular weight excluding hydrogens is 362 g/mol. The van der Waals surface area contributed by atoms with E-state index in [0.717, 1.165) is 19.4 Å². The molecule has 1 aliphatic heterocycles. The first-order chi connectivity index (χ1) is 10.8. The average molecular weight is 392 g/mol. The van der Waals surface area contributed by atoms with Crippen molar-refractivity contribution in [3.63, 3.8) is 0 Å². The van der Waals surface area contributed by atoms with Gasteiger partial charge < -0.3 is 19.1 Å². The van der Waals surface area contributed by atoms with E-state index in [1.165, 1.54) is 19.3 Å². The molecule has 0 N–H and O–H groups in total. The molecule has 1 aliphatic carbocycles. The van der Waals surface area contributed by atoms with Crippen molar-refractivity contribution in [2.75, 3.05) is 31.6 Å². The lowest BCUT2D eigenvalue weighted by molar-refractivity contribution is -0.103. The van der Waals surface area contributed by atoms with Crippen LogP contribution >= 0.6 is 15.9 Å². The summed E-state index contributed by atoms with van der Waals surface area (Å²) in [6, 6.07) is 0. The highest BCUT2D eigenvalue weighted by molar-refractivity contribution is 9.09. The summed E-state index contributed by atoms with van der Waals surface area (Å²) in [5.41, 5.74) is -0.804. The van der Waals surface area contributed by atoms with Gasteiger partial charge in [-0.3, -0.25) is 0 Å². The smallest absolute Gasteiger partial charge is 0.410 e. The van der Waals surface area contributed by atoms with Crippen LogP contribution in [0.1, 0.15) is 52.9 Å². The van der Waals surface area contributed by atoms with E-state index in [1.807, 2.05) is 20.8 Å². The number of ether oxygens (including phenoxy) is 3. The Morgan fingerprint density at radius 1 is 1.26 bits per heavy atom. The van der Waals surface area contributed by atoms with Crippen LogP contribution in [0.5, 0.6) is 0 Å². The molecule has 1 heterocycles. The maximum Gasteiger partial charge on any atom is 0.410 e. The van der Waals surface area contributed by atoms with Crippen LogP contribution in [0, 0.1) is 0 Å². The minimum Gasteiger partial charge on any atom is -0.444 e. The standard InChI is InChI=1S/C17H30BrNO4/c1-16(2,3)23-15(20)19-9-5-8-17(12-18,13-19)22-11-10-21-14-6-4-7-14/h14H,4-13H2,1-3H3. The molecule has 1 saturated carbocycles. The molecule has 5 nitrogen and oxygen atoms in total. The number of nitrogens with zero attached hydrogens (tertiary/aromatic N) is 1. The van der Waals surface area contributed by atoms with Crippen LogP contribution in [-0.2, 0) is 14.2 Å². The lowest BCUT2D eigenvalue weighted by atomic mass is 9.95. The van der Waals surface area contributed by atoms with Gasteiger partial charge in [0.05, 0.1) is 31.5 Å². The minimum absolute atomic E-state index is 0.253.